The van der Waals surface area contributed by atoms with Gasteiger partial charge in [0, 0.05) is 19.5 Å². The smallest absolute Gasteiger partial charge is 0.222 e. The molecule has 0 radical (unpaired) electrons. The second kappa shape index (κ2) is 9.70. The van der Waals surface area contributed by atoms with E-state index in [0.29, 0.717) is 12.3 Å². The Labute approximate surface area is 139 Å². The Morgan fingerprint density at radius 2 is 2.27 bits per heavy atom. The molecule has 0 aromatic heterocycles. The Bertz CT molecular complexity index is 466. The van der Waals surface area contributed by atoms with E-state index in [9.17, 15) is 4.79 Å². The number of nitrogens with zero attached hydrogens (tertiary/aromatic N) is 1. The van der Waals surface area contributed by atoms with Crippen LogP contribution in [-0.2, 0) is 11.2 Å². The van der Waals surface area contributed by atoms with E-state index in [2.05, 4.69) is 11.4 Å². The Balaban J connectivity index is 0.00000242. The van der Waals surface area contributed by atoms with Crippen LogP contribution < -0.4 is 10.1 Å². The topological polar surface area (TPSA) is 41.6 Å². The number of carbonyl (C=O) groups is 1. The minimum atomic E-state index is 0. The van der Waals surface area contributed by atoms with E-state index in [1.54, 1.807) is 7.11 Å². The van der Waals surface area contributed by atoms with Gasteiger partial charge in [0.05, 0.1) is 7.11 Å². The highest BCUT2D eigenvalue weighted by Crippen LogP contribution is 2.18. The lowest BCUT2D eigenvalue weighted by atomic mass is 9.97. The van der Waals surface area contributed by atoms with Crippen molar-refractivity contribution in [3.05, 3.63) is 29.8 Å². The van der Waals surface area contributed by atoms with Crippen molar-refractivity contribution in [3.8, 4) is 5.75 Å². The third-order valence-electron chi connectivity index (χ3n) is 4.13. The van der Waals surface area contributed by atoms with E-state index in [1.165, 1.54) is 6.42 Å². The summed E-state index contributed by atoms with van der Waals surface area (Å²) < 4.78 is 5.22. The molecule has 0 spiro atoms. The quantitative estimate of drug-likeness (QED) is 0.873. The molecule has 1 aromatic carbocycles. The molecular formula is C17H27ClN2O2. The van der Waals surface area contributed by atoms with Crippen LogP contribution in [0.2, 0.25) is 0 Å². The van der Waals surface area contributed by atoms with Gasteiger partial charge >= 0.3 is 0 Å². The van der Waals surface area contributed by atoms with Gasteiger partial charge in [0.2, 0.25) is 5.91 Å². The summed E-state index contributed by atoms with van der Waals surface area (Å²) in [5, 5.41) is 3.22. The molecular weight excluding hydrogens is 300 g/mol. The van der Waals surface area contributed by atoms with Gasteiger partial charge in [0.15, 0.2) is 0 Å². The molecule has 1 aromatic rings. The zero-order valence-corrected chi connectivity index (χ0v) is 14.3. The van der Waals surface area contributed by atoms with Crippen LogP contribution in [-0.4, -0.2) is 44.6 Å². The summed E-state index contributed by atoms with van der Waals surface area (Å²) in [6.45, 7) is 2.81. The first-order valence-electron chi connectivity index (χ1n) is 7.78. The number of hydrogen-bond donors (Lipinski definition) is 1. The zero-order chi connectivity index (χ0) is 15.1. The van der Waals surface area contributed by atoms with E-state index in [0.717, 1.165) is 43.8 Å². The molecule has 22 heavy (non-hydrogen) atoms. The number of carbonyl (C=O) groups excluding carboxylic acids is 1. The maximum atomic E-state index is 12.3. The molecule has 1 aliphatic heterocycles. The second-order valence-corrected chi connectivity index (χ2v) is 5.76. The van der Waals surface area contributed by atoms with E-state index in [4.69, 9.17) is 4.74 Å². The zero-order valence-electron chi connectivity index (χ0n) is 13.5. The van der Waals surface area contributed by atoms with Crippen LogP contribution in [0, 0.1) is 5.92 Å². The van der Waals surface area contributed by atoms with Crippen molar-refractivity contribution < 1.29 is 9.53 Å². The van der Waals surface area contributed by atoms with Crippen molar-refractivity contribution in [2.75, 3.05) is 33.8 Å². The number of methoxy groups -OCH3 is 1. The van der Waals surface area contributed by atoms with Crippen LogP contribution in [0.25, 0.3) is 0 Å². The third-order valence-corrected chi connectivity index (χ3v) is 4.13. The van der Waals surface area contributed by atoms with Crippen LogP contribution in [0.15, 0.2) is 24.3 Å². The van der Waals surface area contributed by atoms with Crippen LogP contribution in [0.1, 0.15) is 24.8 Å². The summed E-state index contributed by atoms with van der Waals surface area (Å²) in [4.78, 5) is 14.4. The van der Waals surface area contributed by atoms with Gasteiger partial charge in [-0.1, -0.05) is 12.1 Å². The predicted molar refractivity (Wildman–Crippen MR) is 91.8 cm³/mol. The Kier molecular flexibility index (Phi) is 8.28. The maximum Gasteiger partial charge on any atom is 0.222 e. The number of likely N-dealkylation sites (tertiary alicyclic amines) is 1. The predicted octanol–water partition coefficient (Wildman–Crippen LogP) is 2.51. The maximum absolute atomic E-state index is 12.3. The molecule has 5 heteroatoms. The second-order valence-electron chi connectivity index (χ2n) is 5.76. The average Bonchev–Trinajstić information content (AvgIpc) is 2.53. The number of amides is 1. The highest BCUT2D eigenvalue weighted by molar-refractivity contribution is 5.85. The number of nitrogens with one attached hydrogen (secondary N) is 1. The molecule has 1 saturated heterocycles. The van der Waals surface area contributed by atoms with Gasteiger partial charge in [0.1, 0.15) is 5.75 Å². The monoisotopic (exact) mass is 326 g/mol. The first-order valence-corrected chi connectivity index (χ1v) is 7.78. The Morgan fingerprint density at radius 1 is 1.45 bits per heavy atom. The number of benzene rings is 1. The molecule has 1 atom stereocenters. The van der Waals surface area contributed by atoms with Crippen molar-refractivity contribution >= 4 is 18.3 Å². The molecule has 1 aliphatic rings. The van der Waals surface area contributed by atoms with Crippen LogP contribution in [0.4, 0.5) is 0 Å². The molecule has 4 nitrogen and oxygen atoms in total. The fraction of sp³-hybridized carbons (Fsp3) is 0.588. The van der Waals surface area contributed by atoms with Gasteiger partial charge in [-0.05, 0) is 56.5 Å². The summed E-state index contributed by atoms with van der Waals surface area (Å²) >= 11 is 0. The van der Waals surface area contributed by atoms with Crippen molar-refractivity contribution in [2.24, 2.45) is 5.92 Å². The molecule has 2 rings (SSSR count). The van der Waals surface area contributed by atoms with Gasteiger partial charge in [-0.15, -0.1) is 12.4 Å². The van der Waals surface area contributed by atoms with Crippen molar-refractivity contribution in [1.29, 1.82) is 0 Å². The summed E-state index contributed by atoms with van der Waals surface area (Å²) in [5.74, 6) is 1.73. The van der Waals surface area contributed by atoms with Gasteiger partial charge in [0.25, 0.3) is 0 Å². The first kappa shape index (κ1) is 18.8. The molecule has 124 valence electrons. The van der Waals surface area contributed by atoms with Gasteiger partial charge in [-0.3, -0.25) is 4.79 Å². The van der Waals surface area contributed by atoms with Crippen LogP contribution >= 0.6 is 12.4 Å². The number of halogens is 1. The molecule has 1 heterocycles. The van der Waals surface area contributed by atoms with Gasteiger partial charge in [-0.25, -0.2) is 0 Å². The fourth-order valence-electron chi connectivity index (χ4n) is 2.98. The lowest BCUT2D eigenvalue weighted by molar-refractivity contribution is -0.132. The minimum absolute atomic E-state index is 0. The Hall–Kier alpha value is -1.26. The molecule has 0 saturated carbocycles. The highest BCUT2D eigenvalue weighted by Gasteiger charge is 2.22. The summed E-state index contributed by atoms with van der Waals surface area (Å²) in [6, 6.07) is 7.96. The average molecular weight is 327 g/mol. The number of hydrogen-bond acceptors (Lipinski definition) is 3. The van der Waals surface area contributed by atoms with E-state index < -0.39 is 0 Å². The lowest BCUT2D eigenvalue weighted by Gasteiger charge is -2.32. The van der Waals surface area contributed by atoms with Gasteiger partial charge < -0.3 is 15.0 Å². The molecule has 0 aliphatic carbocycles. The lowest BCUT2D eigenvalue weighted by Crippen LogP contribution is -2.42. The fourth-order valence-corrected chi connectivity index (χ4v) is 2.98. The first-order chi connectivity index (χ1) is 10.2. The third kappa shape index (κ3) is 5.50. The number of rotatable bonds is 6. The summed E-state index contributed by atoms with van der Waals surface area (Å²) in [6.07, 6.45) is 3.71. The van der Waals surface area contributed by atoms with Crippen molar-refractivity contribution in [3.63, 3.8) is 0 Å². The molecule has 1 unspecified atom stereocenters. The highest BCUT2D eigenvalue weighted by atomic mass is 35.5. The SMILES string of the molecule is CNCC1CCCN(C(=O)CCc2cccc(OC)c2)C1.Cl. The number of piperidine rings is 1. The molecule has 1 fully saturated rings. The standard InChI is InChI=1S/C17H26N2O2.ClH/c1-18-12-15-6-4-10-19(13-15)17(20)9-8-14-5-3-7-16(11-14)21-2;/h3,5,7,11,15,18H,4,6,8-10,12-13H2,1-2H3;1H. The largest absolute Gasteiger partial charge is 0.497 e. The molecule has 1 amide bonds. The number of ether oxygens (including phenoxy) is 1. The van der Waals surface area contributed by atoms with Crippen LogP contribution in [0.3, 0.4) is 0 Å². The van der Waals surface area contributed by atoms with E-state index in [1.807, 2.05) is 30.1 Å². The number of aryl methyl sites for hydroxylation is 1. The summed E-state index contributed by atoms with van der Waals surface area (Å²) in [5.41, 5.74) is 1.16. The van der Waals surface area contributed by atoms with Gasteiger partial charge in [-0.2, -0.15) is 0 Å². The minimum Gasteiger partial charge on any atom is -0.497 e. The van der Waals surface area contributed by atoms with E-state index in [-0.39, 0.29) is 18.3 Å². The molecule has 1 N–H and O–H groups in total. The normalized spacial score (nSPS) is 17.7. The van der Waals surface area contributed by atoms with Crippen LogP contribution in [0.5, 0.6) is 5.75 Å². The Morgan fingerprint density at radius 3 is 3.00 bits per heavy atom. The molecule has 0 bridgehead atoms. The van der Waals surface area contributed by atoms with Crippen molar-refractivity contribution in [2.45, 2.75) is 25.7 Å². The van der Waals surface area contributed by atoms with Crippen molar-refractivity contribution in [1.82, 2.24) is 10.2 Å². The summed E-state index contributed by atoms with van der Waals surface area (Å²) in [7, 11) is 3.64. The van der Waals surface area contributed by atoms with E-state index >= 15 is 0 Å².